The summed E-state index contributed by atoms with van der Waals surface area (Å²) in [7, 11) is 3.39. The van der Waals surface area contributed by atoms with Gasteiger partial charge in [-0.25, -0.2) is 9.97 Å². The van der Waals surface area contributed by atoms with Crippen LogP contribution < -0.4 is 20.1 Å². The van der Waals surface area contributed by atoms with Crippen LogP contribution in [-0.4, -0.2) is 24.2 Å². The first kappa shape index (κ1) is 22.6. The molecule has 34 heavy (non-hydrogen) atoms. The molecular formula is C27H30N4O2S. The predicted molar refractivity (Wildman–Crippen MR) is 138 cm³/mol. The molecule has 7 heteroatoms. The van der Waals surface area contributed by atoms with Gasteiger partial charge >= 0.3 is 0 Å². The highest BCUT2D eigenvalue weighted by atomic mass is 32.1. The lowest BCUT2D eigenvalue weighted by Crippen LogP contribution is -2.16. The van der Waals surface area contributed by atoms with E-state index < -0.39 is 0 Å². The fourth-order valence-electron chi connectivity index (χ4n) is 4.48. The molecule has 0 unspecified atom stereocenters. The van der Waals surface area contributed by atoms with Crippen molar-refractivity contribution >= 4 is 27.4 Å². The highest BCUT2D eigenvalue weighted by Crippen LogP contribution is 2.38. The Morgan fingerprint density at radius 1 is 0.853 bits per heavy atom. The Balaban J connectivity index is 1.38. The van der Waals surface area contributed by atoms with Crippen molar-refractivity contribution in [3.63, 3.8) is 0 Å². The number of ether oxygens (including phenoxy) is 2. The molecule has 1 aliphatic rings. The number of benzene rings is 2. The minimum atomic E-state index is 0.601. The number of nitrogens with zero attached hydrogens (tertiary/aromatic N) is 2. The van der Waals surface area contributed by atoms with E-state index in [0.29, 0.717) is 13.1 Å². The van der Waals surface area contributed by atoms with Crippen molar-refractivity contribution < 1.29 is 9.47 Å². The van der Waals surface area contributed by atoms with Gasteiger partial charge in [0, 0.05) is 18.0 Å². The SMILES string of the molecule is COc1cccc(CNCc2nc(NCc3cccc(OC)c3)c3c4c(sc3n2)CCCC4)c1. The quantitative estimate of drug-likeness (QED) is 0.334. The number of hydrogen-bond acceptors (Lipinski definition) is 7. The van der Waals surface area contributed by atoms with Crippen molar-refractivity contribution in [2.45, 2.75) is 45.3 Å². The number of aromatic nitrogens is 2. The van der Waals surface area contributed by atoms with Crippen molar-refractivity contribution in [3.8, 4) is 11.5 Å². The van der Waals surface area contributed by atoms with Crippen LogP contribution in [0.4, 0.5) is 5.82 Å². The van der Waals surface area contributed by atoms with Gasteiger partial charge in [0.1, 0.15) is 28.0 Å². The summed E-state index contributed by atoms with van der Waals surface area (Å²) < 4.78 is 10.7. The third kappa shape index (κ3) is 5.00. The molecule has 0 radical (unpaired) electrons. The van der Waals surface area contributed by atoms with Crippen LogP contribution in [-0.2, 0) is 32.5 Å². The number of hydrogen-bond donors (Lipinski definition) is 2. The van der Waals surface area contributed by atoms with E-state index >= 15 is 0 Å². The van der Waals surface area contributed by atoms with E-state index in [0.717, 1.165) is 52.9 Å². The lowest BCUT2D eigenvalue weighted by atomic mass is 9.97. The molecule has 6 nitrogen and oxygen atoms in total. The van der Waals surface area contributed by atoms with Gasteiger partial charge in [-0.3, -0.25) is 0 Å². The summed E-state index contributed by atoms with van der Waals surface area (Å²) in [4.78, 5) is 12.5. The molecule has 2 aromatic carbocycles. The molecule has 0 aliphatic heterocycles. The summed E-state index contributed by atoms with van der Waals surface area (Å²) >= 11 is 1.84. The Labute approximate surface area is 204 Å². The maximum absolute atomic E-state index is 5.39. The molecule has 176 valence electrons. The Kier molecular flexibility index (Phi) is 6.92. The summed E-state index contributed by atoms with van der Waals surface area (Å²) in [5.41, 5.74) is 3.77. The summed E-state index contributed by atoms with van der Waals surface area (Å²) in [6.45, 7) is 2.01. The molecule has 2 N–H and O–H groups in total. The van der Waals surface area contributed by atoms with Crippen LogP contribution in [0.3, 0.4) is 0 Å². The lowest BCUT2D eigenvalue weighted by Gasteiger charge is -2.14. The zero-order valence-electron chi connectivity index (χ0n) is 19.7. The van der Waals surface area contributed by atoms with Gasteiger partial charge in [-0.1, -0.05) is 24.3 Å². The average Bonchev–Trinajstić information content (AvgIpc) is 3.26. The van der Waals surface area contributed by atoms with E-state index in [-0.39, 0.29) is 0 Å². The van der Waals surface area contributed by atoms with Gasteiger partial charge in [-0.05, 0) is 66.6 Å². The van der Waals surface area contributed by atoms with Gasteiger partial charge in [-0.2, -0.15) is 0 Å². The molecule has 5 rings (SSSR count). The largest absolute Gasteiger partial charge is 0.497 e. The molecule has 0 spiro atoms. The predicted octanol–water partition coefficient (Wildman–Crippen LogP) is 5.49. The first-order valence-corrected chi connectivity index (χ1v) is 12.6. The fourth-order valence-corrected chi connectivity index (χ4v) is 5.76. The topological polar surface area (TPSA) is 68.3 Å². The zero-order chi connectivity index (χ0) is 23.3. The number of anilines is 1. The van der Waals surface area contributed by atoms with E-state index in [4.69, 9.17) is 19.4 Å². The van der Waals surface area contributed by atoms with Gasteiger partial charge in [0.2, 0.25) is 0 Å². The van der Waals surface area contributed by atoms with Gasteiger partial charge in [-0.15, -0.1) is 11.3 Å². The average molecular weight is 475 g/mol. The minimum Gasteiger partial charge on any atom is -0.497 e. The van der Waals surface area contributed by atoms with Crippen LogP contribution in [0.5, 0.6) is 11.5 Å². The number of rotatable bonds is 9. The third-order valence-corrected chi connectivity index (χ3v) is 7.39. The molecular weight excluding hydrogens is 444 g/mol. The number of aryl methyl sites for hydroxylation is 2. The molecule has 0 atom stereocenters. The van der Waals surface area contributed by atoms with Gasteiger partial charge in [0.25, 0.3) is 0 Å². The molecule has 0 amide bonds. The molecule has 2 heterocycles. The molecule has 1 aliphatic carbocycles. The molecule has 0 fully saturated rings. The van der Waals surface area contributed by atoms with Crippen LogP contribution >= 0.6 is 11.3 Å². The monoisotopic (exact) mass is 474 g/mol. The molecule has 0 saturated carbocycles. The highest BCUT2D eigenvalue weighted by Gasteiger charge is 2.21. The Hall–Kier alpha value is -3.16. The Morgan fingerprint density at radius 2 is 1.56 bits per heavy atom. The number of thiophene rings is 1. The summed E-state index contributed by atoms with van der Waals surface area (Å²) in [6, 6.07) is 16.3. The first-order chi connectivity index (χ1) is 16.7. The van der Waals surface area contributed by atoms with Crippen LogP contribution in [0.2, 0.25) is 0 Å². The van der Waals surface area contributed by atoms with Crippen molar-refractivity contribution in [1.29, 1.82) is 0 Å². The van der Waals surface area contributed by atoms with Crippen molar-refractivity contribution in [2.24, 2.45) is 0 Å². The number of nitrogens with one attached hydrogen (secondary N) is 2. The highest BCUT2D eigenvalue weighted by molar-refractivity contribution is 7.19. The van der Waals surface area contributed by atoms with Crippen LogP contribution in [0.1, 0.15) is 40.2 Å². The first-order valence-electron chi connectivity index (χ1n) is 11.7. The van der Waals surface area contributed by atoms with Gasteiger partial charge in [0.15, 0.2) is 0 Å². The summed E-state index contributed by atoms with van der Waals surface area (Å²) in [5, 5.41) is 8.31. The Morgan fingerprint density at radius 3 is 2.29 bits per heavy atom. The maximum Gasteiger partial charge on any atom is 0.146 e. The summed E-state index contributed by atoms with van der Waals surface area (Å²) in [5.74, 6) is 3.47. The Bertz CT molecular complexity index is 1290. The lowest BCUT2D eigenvalue weighted by molar-refractivity contribution is 0.414. The second-order valence-electron chi connectivity index (χ2n) is 8.54. The second kappa shape index (κ2) is 10.4. The van der Waals surface area contributed by atoms with Crippen molar-refractivity contribution in [2.75, 3.05) is 19.5 Å². The van der Waals surface area contributed by atoms with E-state index in [1.165, 1.54) is 34.2 Å². The second-order valence-corrected chi connectivity index (χ2v) is 9.62. The normalized spacial score (nSPS) is 13.0. The van der Waals surface area contributed by atoms with Gasteiger partial charge in [0.05, 0.1) is 26.2 Å². The van der Waals surface area contributed by atoms with Crippen LogP contribution in [0.25, 0.3) is 10.2 Å². The fraction of sp³-hybridized carbons (Fsp3) is 0.333. The number of methoxy groups -OCH3 is 2. The third-order valence-electron chi connectivity index (χ3n) is 6.20. The minimum absolute atomic E-state index is 0.601. The molecule has 0 saturated heterocycles. The summed E-state index contributed by atoms with van der Waals surface area (Å²) in [6.07, 6.45) is 4.75. The van der Waals surface area contributed by atoms with Gasteiger partial charge < -0.3 is 20.1 Å². The molecule has 0 bridgehead atoms. The van der Waals surface area contributed by atoms with E-state index in [9.17, 15) is 0 Å². The van der Waals surface area contributed by atoms with Crippen molar-refractivity contribution in [3.05, 3.63) is 75.9 Å². The van der Waals surface area contributed by atoms with E-state index in [1.807, 2.05) is 41.7 Å². The maximum atomic E-state index is 5.39. The van der Waals surface area contributed by atoms with Crippen LogP contribution in [0, 0.1) is 0 Å². The smallest absolute Gasteiger partial charge is 0.146 e. The molecule has 4 aromatic rings. The molecule has 2 aromatic heterocycles. The standard InChI is InChI=1S/C27H30N4O2S/c1-32-20-9-5-7-18(13-20)15-28-17-24-30-26(29-16-19-8-6-10-21(14-19)33-2)25-22-11-3-4-12-23(22)34-27(25)31-24/h5-10,13-14,28H,3-4,11-12,15-17H2,1-2H3,(H,29,30,31). The zero-order valence-corrected chi connectivity index (χ0v) is 20.5. The number of fused-ring (bicyclic) bond motifs is 3. The van der Waals surface area contributed by atoms with Crippen LogP contribution in [0.15, 0.2) is 48.5 Å². The van der Waals surface area contributed by atoms with Crippen molar-refractivity contribution in [1.82, 2.24) is 15.3 Å². The van der Waals surface area contributed by atoms with E-state index in [2.05, 4.69) is 28.8 Å². The van der Waals surface area contributed by atoms with E-state index in [1.54, 1.807) is 14.2 Å².